The molecule has 1 aliphatic heterocycles. The summed E-state index contributed by atoms with van der Waals surface area (Å²) in [5.74, 6) is 0.569. The Morgan fingerprint density at radius 2 is 2.10 bits per heavy atom. The Balaban J connectivity index is 1.75. The lowest BCUT2D eigenvalue weighted by molar-refractivity contribution is -0.125. The maximum atomic E-state index is 11.8. The lowest BCUT2D eigenvalue weighted by atomic mass is 10.2. The molecule has 6 heteroatoms. The van der Waals surface area contributed by atoms with E-state index in [1.807, 2.05) is 24.3 Å². The number of carbonyl (C=O) groups is 2. The summed E-state index contributed by atoms with van der Waals surface area (Å²) in [5, 5.41) is 5.46. The van der Waals surface area contributed by atoms with E-state index in [9.17, 15) is 9.59 Å². The van der Waals surface area contributed by atoms with E-state index in [1.54, 1.807) is 7.11 Å². The van der Waals surface area contributed by atoms with Gasteiger partial charge in [0, 0.05) is 20.1 Å². The summed E-state index contributed by atoms with van der Waals surface area (Å²) < 4.78 is 10.4. The number of rotatable bonds is 7. The normalized spacial score (nSPS) is 17.4. The molecular weight excluding hydrogens is 272 g/mol. The van der Waals surface area contributed by atoms with Crippen LogP contribution in [0.2, 0.25) is 0 Å². The molecule has 21 heavy (non-hydrogen) atoms. The first-order chi connectivity index (χ1) is 10.2. The van der Waals surface area contributed by atoms with Crippen molar-refractivity contribution in [3.05, 3.63) is 29.8 Å². The molecular formula is C15H20N2O4. The molecule has 0 bridgehead atoms. The van der Waals surface area contributed by atoms with Crippen molar-refractivity contribution in [1.29, 1.82) is 0 Å². The second-order valence-corrected chi connectivity index (χ2v) is 4.86. The molecule has 0 aromatic heterocycles. The molecule has 1 atom stereocenters. The average molecular weight is 292 g/mol. The molecule has 1 saturated heterocycles. The van der Waals surface area contributed by atoms with Gasteiger partial charge in [0.1, 0.15) is 18.4 Å². The summed E-state index contributed by atoms with van der Waals surface area (Å²) in [7, 11) is 1.63. The van der Waals surface area contributed by atoms with Crippen LogP contribution >= 0.6 is 0 Å². The second-order valence-electron chi connectivity index (χ2n) is 4.86. The first-order valence-electron chi connectivity index (χ1n) is 6.97. The number of ether oxygens (including phenoxy) is 2. The topological polar surface area (TPSA) is 76.7 Å². The fraction of sp³-hybridized carbons (Fsp3) is 0.467. The Morgan fingerprint density at radius 3 is 2.71 bits per heavy atom. The number of benzene rings is 1. The van der Waals surface area contributed by atoms with Crippen molar-refractivity contribution in [1.82, 2.24) is 10.6 Å². The standard InChI is InChI=1S/C15H20N2O4/c1-20-8-9-21-12-4-2-11(3-5-12)10-16-15(19)13-6-7-14(18)17-13/h2-5,13H,6-10H2,1H3,(H,16,19)(H,17,18). The van der Waals surface area contributed by atoms with Crippen molar-refractivity contribution in [3.8, 4) is 5.75 Å². The Morgan fingerprint density at radius 1 is 1.33 bits per heavy atom. The zero-order valence-electron chi connectivity index (χ0n) is 12.1. The third-order valence-electron chi connectivity index (χ3n) is 3.26. The van der Waals surface area contributed by atoms with Gasteiger partial charge in [-0.3, -0.25) is 9.59 Å². The molecule has 0 spiro atoms. The molecule has 6 nitrogen and oxygen atoms in total. The third-order valence-corrected chi connectivity index (χ3v) is 3.26. The number of nitrogens with one attached hydrogen (secondary N) is 2. The third kappa shape index (κ3) is 4.75. The van der Waals surface area contributed by atoms with Crippen molar-refractivity contribution in [2.24, 2.45) is 0 Å². The van der Waals surface area contributed by atoms with Gasteiger partial charge in [-0.05, 0) is 24.1 Å². The first-order valence-corrected chi connectivity index (χ1v) is 6.97. The van der Waals surface area contributed by atoms with Crippen LogP contribution in [0, 0.1) is 0 Å². The summed E-state index contributed by atoms with van der Waals surface area (Å²) in [4.78, 5) is 22.9. The maximum absolute atomic E-state index is 11.8. The molecule has 1 fully saturated rings. The van der Waals surface area contributed by atoms with Gasteiger partial charge in [-0.2, -0.15) is 0 Å². The van der Waals surface area contributed by atoms with E-state index in [4.69, 9.17) is 9.47 Å². The average Bonchev–Trinajstić information content (AvgIpc) is 2.93. The van der Waals surface area contributed by atoms with E-state index in [-0.39, 0.29) is 11.8 Å². The summed E-state index contributed by atoms with van der Waals surface area (Å²) in [5.41, 5.74) is 0.978. The summed E-state index contributed by atoms with van der Waals surface area (Å²) in [6.45, 7) is 1.49. The highest BCUT2D eigenvalue weighted by Gasteiger charge is 2.26. The SMILES string of the molecule is COCCOc1ccc(CNC(=O)C2CCC(=O)N2)cc1. The van der Waals surface area contributed by atoms with Crippen LogP contribution in [-0.4, -0.2) is 38.2 Å². The van der Waals surface area contributed by atoms with Crippen molar-refractivity contribution in [3.63, 3.8) is 0 Å². The van der Waals surface area contributed by atoms with Gasteiger partial charge in [0.25, 0.3) is 0 Å². The molecule has 0 radical (unpaired) electrons. The molecule has 2 rings (SSSR count). The molecule has 1 aromatic rings. The van der Waals surface area contributed by atoms with Crippen LogP contribution in [0.3, 0.4) is 0 Å². The van der Waals surface area contributed by atoms with Crippen molar-refractivity contribution in [2.75, 3.05) is 20.3 Å². The molecule has 2 amide bonds. The van der Waals surface area contributed by atoms with E-state index in [2.05, 4.69) is 10.6 Å². The highest BCUT2D eigenvalue weighted by molar-refractivity contribution is 5.90. The number of methoxy groups -OCH3 is 1. The van der Waals surface area contributed by atoms with Crippen LogP contribution in [0.4, 0.5) is 0 Å². The molecule has 0 aliphatic carbocycles. The van der Waals surface area contributed by atoms with Gasteiger partial charge in [-0.25, -0.2) is 0 Å². The zero-order valence-corrected chi connectivity index (χ0v) is 12.1. The molecule has 1 unspecified atom stereocenters. The van der Waals surface area contributed by atoms with E-state index in [0.717, 1.165) is 11.3 Å². The van der Waals surface area contributed by atoms with Gasteiger partial charge < -0.3 is 20.1 Å². The monoisotopic (exact) mass is 292 g/mol. The lowest BCUT2D eigenvalue weighted by Crippen LogP contribution is -2.41. The van der Waals surface area contributed by atoms with Crippen LogP contribution in [0.5, 0.6) is 5.75 Å². The van der Waals surface area contributed by atoms with E-state index < -0.39 is 6.04 Å². The molecule has 1 heterocycles. The molecule has 2 N–H and O–H groups in total. The van der Waals surface area contributed by atoms with Gasteiger partial charge in [0.15, 0.2) is 0 Å². The number of hydrogen-bond acceptors (Lipinski definition) is 4. The smallest absolute Gasteiger partial charge is 0.242 e. The van der Waals surface area contributed by atoms with E-state index in [0.29, 0.717) is 32.6 Å². The Labute approximate surface area is 123 Å². The van der Waals surface area contributed by atoms with Gasteiger partial charge in [0.2, 0.25) is 11.8 Å². The van der Waals surface area contributed by atoms with Crippen LogP contribution in [0.25, 0.3) is 0 Å². The van der Waals surface area contributed by atoms with Crippen molar-refractivity contribution in [2.45, 2.75) is 25.4 Å². The Kier molecular flexibility index (Phi) is 5.57. The number of carbonyl (C=O) groups excluding carboxylic acids is 2. The first kappa shape index (κ1) is 15.3. The van der Waals surface area contributed by atoms with Gasteiger partial charge in [-0.1, -0.05) is 12.1 Å². The summed E-state index contributed by atoms with van der Waals surface area (Å²) in [6.07, 6.45) is 0.989. The minimum Gasteiger partial charge on any atom is -0.491 e. The molecule has 1 aromatic carbocycles. The highest BCUT2D eigenvalue weighted by atomic mass is 16.5. The lowest BCUT2D eigenvalue weighted by Gasteiger charge is -2.11. The molecule has 114 valence electrons. The summed E-state index contributed by atoms with van der Waals surface area (Å²) in [6, 6.07) is 7.11. The van der Waals surface area contributed by atoms with E-state index >= 15 is 0 Å². The van der Waals surface area contributed by atoms with Crippen LogP contribution in [0.15, 0.2) is 24.3 Å². The quantitative estimate of drug-likeness (QED) is 0.722. The van der Waals surface area contributed by atoms with Crippen LogP contribution in [-0.2, 0) is 20.9 Å². The fourth-order valence-corrected chi connectivity index (χ4v) is 2.07. The van der Waals surface area contributed by atoms with Gasteiger partial charge in [-0.15, -0.1) is 0 Å². The zero-order chi connectivity index (χ0) is 15.1. The van der Waals surface area contributed by atoms with Gasteiger partial charge >= 0.3 is 0 Å². The minimum absolute atomic E-state index is 0.0623. The maximum Gasteiger partial charge on any atom is 0.242 e. The fourth-order valence-electron chi connectivity index (χ4n) is 2.07. The van der Waals surface area contributed by atoms with Crippen molar-refractivity contribution >= 4 is 11.8 Å². The molecule has 0 saturated carbocycles. The Hall–Kier alpha value is -2.08. The predicted octanol–water partition coefficient (Wildman–Crippen LogP) is 0.607. The molecule has 1 aliphatic rings. The highest BCUT2D eigenvalue weighted by Crippen LogP contribution is 2.12. The number of amides is 2. The van der Waals surface area contributed by atoms with Crippen LogP contribution < -0.4 is 15.4 Å². The minimum atomic E-state index is -0.394. The second kappa shape index (κ2) is 7.64. The predicted molar refractivity (Wildman–Crippen MR) is 76.8 cm³/mol. The Bertz CT molecular complexity index is 487. The van der Waals surface area contributed by atoms with Gasteiger partial charge in [0.05, 0.1) is 6.61 Å². The van der Waals surface area contributed by atoms with E-state index in [1.165, 1.54) is 0 Å². The number of hydrogen-bond donors (Lipinski definition) is 2. The summed E-state index contributed by atoms with van der Waals surface area (Å²) >= 11 is 0. The van der Waals surface area contributed by atoms with Crippen molar-refractivity contribution < 1.29 is 19.1 Å². The van der Waals surface area contributed by atoms with Crippen LogP contribution in [0.1, 0.15) is 18.4 Å². The largest absolute Gasteiger partial charge is 0.491 e.